The second kappa shape index (κ2) is 31.2. The van der Waals surface area contributed by atoms with Crippen LogP contribution >= 0.6 is 22.7 Å². The molecule has 5 rings (SSSR count). The SMILES string of the molecule is CCCCCCCCc1c2cc3c(CCCCCCCC)c4sc(CCCCCC)cc4c(CCCCCCCC)c3cc2c(CCCCCCCC)c2sc(CCCCCC)cc12. The molecule has 0 N–H and O–H groups in total. The van der Waals surface area contributed by atoms with Crippen LogP contribution in [0.5, 0.6) is 0 Å². The molecule has 0 aliphatic carbocycles. The van der Waals surface area contributed by atoms with Gasteiger partial charge in [0.2, 0.25) is 0 Å². The predicted molar refractivity (Wildman–Crippen MR) is 296 cm³/mol. The van der Waals surface area contributed by atoms with Crippen LogP contribution in [0.3, 0.4) is 0 Å². The van der Waals surface area contributed by atoms with Gasteiger partial charge in [0.1, 0.15) is 0 Å². The molecule has 5 aromatic rings. The number of unbranched alkanes of at least 4 members (excludes halogenated alkanes) is 26. The Labute approximate surface area is 403 Å². The minimum Gasteiger partial charge on any atom is -0.140 e. The number of aryl methyl sites for hydroxylation is 6. The fraction of sp³-hybridized carbons (Fsp3) is 0.710. The zero-order chi connectivity index (χ0) is 45.2. The maximum atomic E-state index is 2.84. The highest BCUT2D eigenvalue weighted by atomic mass is 32.1. The van der Waals surface area contributed by atoms with Crippen LogP contribution in [0.4, 0.5) is 0 Å². The van der Waals surface area contributed by atoms with Crippen LogP contribution < -0.4 is 0 Å². The van der Waals surface area contributed by atoms with Gasteiger partial charge in [-0.25, -0.2) is 0 Å². The van der Waals surface area contributed by atoms with Gasteiger partial charge >= 0.3 is 0 Å². The molecule has 0 fully saturated rings. The van der Waals surface area contributed by atoms with E-state index in [1.807, 2.05) is 0 Å². The summed E-state index contributed by atoms with van der Waals surface area (Å²) in [6.07, 6.45) is 51.0. The van der Waals surface area contributed by atoms with Crippen molar-refractivity contribution >= 4 is 64.4 Å². The van der Waals surface area contributed by atoms with Gasteiger partial charge < -0.3 is 0 Å². The topological polar surface area (TPSA) is 0 Å². The highest BCUT2D eigenvalue weighted by molar-refractivity contribution is 7.19. The molecular weight excluding hydrogens is 809 g/mol. The Morgan fingerprint density at radius 2 is 0.469 bits per heavy atom. The first kappa shape index (κ1) is 53.1. The van der Waals surface area contributed by atoms with Crippen LogP contribution in [0.15, 0.2) is 24.3 Å². The van der Waals surface area contributed by atoms with Crippen LogP contribution in [0.1, 0.15) is 279 Å². The molecular formula is C62H98S2. The number of benzene rings is 3. The van der Waals surface area contributed by atoms with E-state index in [0.29, 0.717) is 0 Å². The Hall–Kier alpha value is -1.90. The Morgan fingerprint density at radius 3 is 0.781 bits per heavy atom. The predicted octanol–water partition coefficient (Wildman–Crippen LogP) is 22.3. The minimum absolute atomic E-state index is 1.23. The van der Waals surface area contributed by atoms with Crippen molar-refractivity contribution in [3.8, 4) is 0 Å². The average molecular weight is 908 g/mol. The zero-order valence-corrected chi connectivity index (χ0v) is 44.6. The molecule has 358 valence electrons. The molecule has 0 radical (unpaired) electrons. The quantitative estimate of drug-likeness (QED) is 0.0273. The molecule has 0 atom stereocenters. The van der Waals surface area contributed by atoms with Gasteiger partial charge in [-0.1, -0.05) is 208 Å². The van der Waals surface area contributed by atoms with Crippen LogP contribution in [0, 0.1) is 0 Å². The van der Waals surface area contributed by atoms with Crippen LogP contribution in [0.2, 0.25) is 0 Å². The fourth-order valence-corrected chi connectivity index (χ4v) is 13.6. The second-order valence-electron chi connectivity index (χ2n) is 20.5. The van der Waals surface area contributed by atoms with Crippen molar-refractivity contribution in [1.29, 1.82) is 0 Å². The molecule has 3 aromatic carbocycles. The number of fused-ring (bicyclic) bond motifs is 4. The summed E-state index contributed by atoms with van der Waals surface area (Å²) in [7, 11) is 0. The van der Waals surface area contributed by atoms with Gasteiger partial charge in [0.25, 0.3) is 0 Å². The van der Waals surface area contributed by atoms with Gasteiger partial charge in [-0.3, -0.25) is 0 Å². The normalized spacial score (nSPS) is 12.1. The Morgan fingerprint density at radius 1 is 0.234 bits per heavy atom. The van der Waals surface area contributed by atoms with Gasteiger partial charge in [0, 0.05) is 19.2 Å². The third-order valence-electron chi connectivity index (χ3n) is 14.9. The van der Waals surface area contributed by atoms with Crippen molar-refractivity contribution in [1.82, 2.24) is 0 Å². The summed E-state index contributed by atoms with van der Waals surface area (Å²) in [4.78, 5) is 3.30. The number of hydrogen-bond acceptors (Lipinski definition) is 2. The summed E-state index contributed by atoms with van der Waals surface area (Å²) >= 11 is 4.41. The van der Waals surface area contributed by atoms with E-state index < -0.39 is 0 Å². The van der Waals surface area contributed by atoms with Crippen molar-refractivity contribution in [2.24, 2.45) is 0 Å². The molecule has 2 heteroatoms. The molecule has 0 aliphatic rings. The van der Waals surface area contributed by atoms with Gasteiger partial charge in [0.05, 0.1) is 0 Å². The second-order valence-corrected chi connectivity index (χ2v) is 22.7. The highest BCUT2D eigenvalue weighted by Gasteiger charge is 2.22. The van der Waals surface area contributed by atoms with E-state index in [1.54, 1.807) is 73.7 Å². The largest absolute Gasteiger partial charge is 0.140 e. The van der Waals surface area contributed by atoms with Crippen molar-refractivity contribution in [3.63, 3.8) is 0 Å². The molecule has 0 aliphatic heterocycles. The molecule has 0 saturated carbocycles. The Kier molecular flexibility index (Phi) is 25.9. The van der Waals surface area contributed by atoms with Crippen molar-refractivity contribution in [2.75, 3.05) is 0 Å². The lowest BCUT2D eigenvalue weighted by molar-refractivity contribution is 0.608. The lowest BCUT2D eigenvalue weighted by atomic mass is 9.85. The maximum Gasteiger partial charge on any atom is 0.0386 e. The van der Waals surface area contributed by atoms with Crippen LogP contribution in [-0.2, 0) is 38.5 Å². The van der Waals surface area contributed by atoms with E-state index in [1.165, 1.54) is 244 Å². The van der Waals surface area contributed by atoms with Gasteiger partial charge in [0.15, 0.2) is 0 Å². The average Bonchev–Trinajstić information content (AvgIpc) is 3.93. The molecule has 2 aromatic heterocycles. The molecule has 0 bridgehead atoms. The molecule has 0 nitrogen and oxygen atoms in total. The smallest absolute Gasteiger partial charge is 0.0386 e. The van der Waals surface area contributed by atoms with Gasteiger partial charge in [-0.15, -0.1) is 22.7 Å². The first-order valence-corrected chi connectivity index (χ1v) is 30.1. The van der Waals surface area contributed by atoms with Gasteiger partial charge in [-0.2, -0.15) is 0 Å². The molecule has 0 unspecified atom stereocenters. The highest BCUT2D eigenvalue weighted by Crippen LogP contribution is 2.46. The van der Waals surface area contributed by atoms with Crippen molar-refractivity contribution in [2.45, 2.75) is 286 Å². The van der Waals surface area contributed by atoms with Crippen molar-refractivity contribution in [3.05, 3.63) is 56.3 Å². The summed E-state index contributed by atoms with van der Waals surface area (Å²) in [5, 5.41) is 9.84. The van der Waals surface area contributed by atoms with E-state index in [2.05, 4.69) is 88.5 Å². The lowest BCUT2D eigenvalue weighted by Crippen LogP contribution is -2.00. The molecule has 0 amide bonds. The van der Waals surface area contributed by atoms with E-state index in [9.17, 15) is 0 Å². The summed E-state index contributed by atoms with van der Waals surface area (Å²) in [5.41, 5.74) is 6.83. The maximum absolute atomic E-state index is 2.84. The van der Waals surface area contributed by atoms with E-state index in [4.69, 9.17) is 0 Å². The third kappa shape index (κ3) is 16.1. The van der Waals surface area contributed by atoms with Gasteiger partial charge in [-0.05, 0) is 156 Å². The van der Waals surface area contributed by atoms with E-state index in [-0.39, 0.29) is 0 Å². The van der Waals surface area contributed by atoms with Crippen molar-refractivity contribution < 1.29 is 0 Å². The minimum atomic E-state index is 1.23. The fourth-order valence-electron chi connectivity index (χ4n) is 11.0. The van der Waals surface area contributed by atoms with E-state index in [0.717, 1.165) is 0 Å². The molecule has 64 heavy (non-hydrogen) atoms. The number of hydrogen-bond donors (Lipinski definition) is 0. The zero-order valence-electron chi connectivity index (χ0n) is 43.0. The number of thiophene rings is 2. The first-order chi connectivity index (χ1) is 31.6. The van der Waals surface area contributed by atoms with Crippen LogP contribution in [0.25, 0.3) is 41.7 Å². The standard InChI is InChI=1S/C62H98S2/c1-7-13-19-25-29-35-41-51-55-47-58-54(44-38-32-28-22-16-10-4)62-60(46-50(64-62)40-34-24-18-12-6)52(42-36-30-26-20-14-8-2)56(58)48-57(55)53(43-37-31-27-21-15-9-3)61-59(51)45-49(63-61)39-33-23-17-11-5/h45-48H,7-44H2,1-6H3. The number of rotatable bonds is 38. The Balaban J connectivity index is 1.74. The molecule has 0 spiro atoms. The summed E-state index contributed by atoms with van der Waals surface area (Å²) < 4.78 is 3.34. The molecule has 0 saturated heterocycles. The third-order valence-corrected chi connectivity index (χ3v) is 17.4. The summed E-state index contributed by atoms with van der Waals surface area (Å²) in [6, 6.07) is 11.1. The summed E-state index contributed by atoms with van der Waals surface area (Å²) in [6.45, 7) is 14.1. The van der Waals surface area contributed by atoms with Crippen LogP contribution in [-0.4, -0.2) is 0 Å². The monoisotopic (exact) mass is 907 g/mol. The first-order valence-electron chi connectivity index (χ1n) is 28.5. The lowest BCUT2D eigenvalue weighted by Gasteiger charge is -2.20. The molecule has 2 heterocycles. The van der Waals surface area contributed by atoms with E-state index >= 15 is 0 Å². The summed E-state index contributed by atoms with van der Waals surface area (Å²) in [5.74, 6) is 0. The Bertz CT molecular complexity index is 1750.